The number of rotatable bonds is 5. The summed E-state index contributed by atoms with van der Waals surface area (Å²) in [4.78, 5) is 18.4. The maximum atomic E-state index is 12.2. The Morgan fingerprint density at radius 1 is 1.48 bits per heavy atom. The molecule has 0 spiro atoms. The van der Waals surface area contributed by atoms with Gasteiger partial charge in [0, 0.05) is 42.7 Å². The second-order valence-corrected chi connectivity index (χ2v) is 8.74. The number of thiazole rings is 1. The number of aryl methyl sites for hydroxylation is 1. The predicted octanol–water partition coefficient (Wildman–Crippen LogP) is 1.28. The molecule has 1 fully saturated rings. The largest absolute Gasteiger partial charge is 0.337 e. The van der Waals surface area contributed by atoms with Crippen LogP contribution in [0.4, 0.5) is 4.79 Å². The number of carbonyl (C=O) groups is 1. The van der Waals surface area contributed by atoms with Gasteiger partial charge < -0.3 is 10.2 Å². The molecule has 1 aromatic rings. The second-order valence-electron chi connectivity index (χ2n) is 6.07. The van der Waals surface area contributed by atoms with Gasteiger partial charge in [0.05, 0.1) is 11.3 Å². The van der Waals surface area contributed by atoms with Crippen molar-refractivity contribution in [2.24, 2.45) is 0 Å². The Bertz CT molecular complexity index is 636. The summed E-state index contributed by atoms with van der Waals surface area (Å²) >= 11 is 1.61. The number of hydrogen-bond donors (Lipinski definition) is 2. The molecule has 1 atom stereocenters. The number of carbonyl (C=O) groups excluding carboxylic acids is 1. The van der Waals surface area contributed by atoms with Crippen LogP contribution in [0.25, 0.3) is 0 Å². The van der Waals surface area contributed by atoms with Crippen molar-refractivity contribution in [2.75, 3.05) is 25.9 Å². The summed E-state index contributed by atoms with van der Waals surface area (Å²) in [5.74, 6) is 0.182. The molecule has 2 N–H and O–H groups in total. The molecular formula is C14H24N4O3S2. The monoisotopic (exact) mass is 360 g/mol. The van der Waals surface area contributed by atoms with Crippen LogP contribution in [-0.4, -0.2) is 56.3 Å². The van der Waals surface area contributed by atoms with Gasteiger partial charge in [-0.2, -0.15) is 0 Å². The third-order valence-electron chi connectivity index (χ3n) is 3.78. The fraction of sp³-hybridized carbons (Fsp3) is 0.714. The lowest BCUT2D eigenvalue weighted by atomic mass is 10.1. The van der Waals surface area contributed by atoms with Crippen molar-refractivity contribution < 1.29 is 13.2 Å². The van der Waals surface area contributed by atoms with Crippen molar-refractivity contribution in [3.63, 3.8) is 0 Å². The van der Waals surface area contributed by atoms with E-state index < -0.39 is 10.0 Å². The fourth-order valence-electron chi connectivity index (χ4n) is 2.54. The quantitative estimate of drug-likeness (QED) is 0.827. The number of nitrogens with one attached hydrogen (secondary N) is 2. The van der Waals surface area contributed by atoms with E-state index in [0.717, 1.165) is 17.0 Å². The molecule has 1 unspecified atom stereocenters. The third-order valence-corrected chi connectivity index (χ3v) is 5.74. The van der Waals surface area contributed by atoms with Crippen LogP contribution in [0.5, 0.6) is 0 Å². The standard InChI is InChI=1S/C14H24N4O3S2/c1-10(13-16-11(2)9-22-13)8-15-14(19)18-6-4-12(5-7-18)17-23(3,20)21/h9-10,12,17H,4-8H2,1-3H3,(H,15,19). The topological polar surface area (TPSA) is 91.4 Å². The first kappa shape index (κ1) is 18.2. The van der Waals surface area contributed by atoms with Gasteiger partial charge in [0.15, 0.2) is 0 Å². The van der Waals surface area contributed by atoms with Crippen molar-refractivity contribution in [1.29, 1.82) is 0 Å². The molecule has 2 amide bonds. The van der Waals surface area contributed by atoms with Crippen LogP contribution in [0.2, 0.25) is 0 Å². The van der Waals surface area contributed by atoms with Gasteiger partial charge in [-0.15, -0.1) is 11.3 Å². The van der Waals surface area contributed by atoms with Crippen LogP contribution in [0.15, 0.2) is 5.38 Å². The number of piperidine rings is 1. The van der Waals surface area contributed by atoms with Crippen molar-refractivity contribution in [1.82, 2.24) is 19.9 Å². The number of aromatic nitrogens is 1. The van der Waals surface area contributed by atoms with Gasteiger partial charge in [-0.05, 0) is 19.8 Å². The molecule has 0 aliphatic carbocycles. The van der Waals surface area contributed by atoms with Crippen molar-refractivity contribution in [3.05, 3.63) is 16.1 Å². The summed E-state index contributed by atoms with van der Waals surface area (Å²) in [6.45, 7) is 5.67. The van der Waals surface area contributed by atoms with Crippen molar-refractivity contribution in [2.45, 2.75) is 38.6 Å². The molecule has 1 aliphatic heterocycles. The van der Waals surface area contributed by atoms with E-state index in [-0.39, 0.29) is 18.0 Å². The van der Waals surface area contributed by atoms with Gasteiger partial charge in [0.2, 0.25) is 10.0 Å². The van der Waals surface area contributed by atoms with Crippen LogP contribution in [-0.2, 0) is 10.0 Å². The molecule has 2 heterocycles. The van der Waals surface area contributed by atoms with E-state index in [2.05, 4.69) is 15.0 Å². The Morgan fingerprint density at radius 3 is 2.65 bits per heavy atom. The molecule has 7 nitrogen and oxygen atoms in total. The highest BCUT2D eigenvalue weighted by atomic mass is 32.2. The lowest BCUT2D eigenvalue weighted by Gasteiger charge is -2.32. The molecule has 0 radical (unpaired) electrons. The van der Waals surface area contributed by atoms with E-state index in [9.17, 15) is 13.2 Å². The summed E-state index contributed by atoms with van der Waals surface area (Å²) in [5.41, 5.74) is 1.00. The van der Waals surface area contributed by atoms with E-state index in [1.54, 1.807) is 16.2 Å². The van der Waals surface area contributed by atoms with E-state index in [0.29, 0.717) is 32.5 Å². The van der Waals surface area contributed by atoms with Crippen LogP contribution in [0.1, 0.15) is 36.4 Å². The number of urea groups is 1. The molecule has 23 heavy (non-hydrogen) atoms. The Morgan fingerprint density at radius 2 is 2.13 bits per heavy atom. The number of sulfonamides is 1. The van der Waals surface area contributed by atoms with Crippen LogP contribution in [0, 0.1) is 6.92 Å². The Kier molecular flexibility index (Phi) is 5.99. The minimum Gasteiger partial charge on any atom is -0.337 e. The van der Waals surface area contributed by atoms with Crippen LogP contribution in [0.3, 0.4) is 0 Å². The average molecular weight is 361 g/mol. The molecule has 130 valence electrons. The number of likely N-dealkylation sites (tertiary alicyclic amines) is 1. The number of amides is 2. The van der Waals surface area contributed by atoms with Gasteiger partial charge in [-0.3, -0.25) is 0 Å². The molecule has 0 saturated carbocycles. The first-order chi connectivity index (χ1) is 10.7. The smallest absolute Gasteiger partial charge is 0.317 e. The van der Waals surface area contributed by atoms with E-state index >= 15 is 0 Å². The van der Waals surface area contributed by atoms with Crippen molar-refractivity contribution >= 4 is 27.4 Å². The summed E-state index contributed by atoms with van der Waals surface area (Å²) in [5, 5.41) is 5.97. The molecule has 2 rings (SSSR count). The zero-order valence-corrected chi connectivity index (χ0v) is 15.3. The maximum absolute atomic E-state index is 12.2. The summed E-state index contributed by atoms with van der Waals surface area (Å²) < 4.78 is 25.0. The van der Waals surface area contributed by atoms with E-state index in [1.807, 2.05) is 19.2 Å². The first-order valence-corrected chi connectivity index (χ1v) is 10.4. The highest BCUT2D eigenvalue weighted by molar-refractivity contribution is 7.88. The number of nitrogens with zero attached hydrogens (tertiary/aromatic N) is 2. The lowest BCUT2D eigenvalue weighted by molar-refractivity contribution is 0.179. The number of hydrogen-bond acceptors (Lipinski definition) is 5. The summed E-state index contributed by atoms with van der Waals surface area (Å²) in [6.07, 6.45) is 2.44. The average Bonchev–Trinajstić information content (AvgIpc) is 2.90. The molecule has 1 saturated heterocycles. The zero-order chi connectivity index (χ0) is 17.0. The van der Waals surface area contributed by atoms with Crippen LogP contribution >= 0.6 is 11.3 Å². The SMILES string of the molecule is Cc1csc(C(C)CNC(=O)N2CCC(NS(C)(=O)=O)CC2)n1. The maximum Gasteiger partial charge on any atom is 0.317 e. The summed E-state index contributed by atoms with van der Waals surface area (Å²) in [6, 6.07) is -0.172. The van der Waals surface area contributed by atoms with E-state index in [4.69, 9.17) is 0 Å². The molecular weight excluding hydrogens is 336 g/mol. The van der Waals surface area contributed by atoms with Gasteiger partial charge in [-0.1, -0.05) is 6.92 Å². The normalized spacial score (nSPS) is 18.0. The van der Waals surface area contributed by atoms with Gasteiger partial charge in [0.1, 0.15) is 0 Å². The molecule has 0 bridgehead atoms. The molecule has 0 aromatic carbocycles. The lowest BCUT2D eigenvalue weighted by Crippen LogP contribution is -2.49. The molecule has 1 aromatic heterocycles. The van der Waals surface area contributed by atoms with Gasteiger partial charge >= 0.3 is 6.03 Å². The Labute approximate surface area is 141 Å². The highest BCUT2D eigenvalue weighted by Gasteiger charge is 2.24. The third kappa shape index (κ3) is 5.74. The highest BCUT2D eigenvalue weighted by Crippen LogP contribution is 2.19. The van der Waals surface area contributed by atoms with E-state index in [1.165, 1.54) is 0 Å². The minimum atomic E-state index is -3.19. The van der Waals surface area contributed by atoms with Gasteiger partial charge in [-0.25, -0.2) is 22.9 Å². The summed E-state index contributed by atoms with van der Waals surface area (Å²) in [7, 11) is -3.19. The van der Waals surface area contributed by atoms with Crippen LogP contribution < -0.4 is 10.0 Å². The first-order valence-electron chi connectivity index (χ1n) is 7.66. The van der Waals surface area contributed by atoms with Gasteiger partial charge in [0.25, 0.3) is 0 Å². The second kappa shape index (κ2) is 7.59. The molecule has 1 aliphatic rings. The van der Waals surface area contributed by atoms with Crippen molar-refractivity contribution in [3.8, 4) is 0 Å². The Balaban J connectivity index is 1.75. The zero-order valence-electron chi connectivity index (χ0n) is 13.7. The molecule has 9 heteroatoms. The Hall–Kier alpha value is -1.19. The predicted molar refractivity (Wildman–Crippen MR) is 91.2 cm³/mol. The fourth-order valence-corrected chi connectivity index (χ4v) is 4.24. The minimum absolute atomic E-state index is 0.0775.